The average Bonchev–Trinajstić information content (AvgIpc) is 2.79. The van der Waals surface area contributed by atoms with Crippen LogP contribution in [0.25, 0.3) is 22.1 Å². The normalized spacial score (nSPS) is 13.7. The van der Waals surface area contributed by atoms with Crippen LogP contribution in [0.5, 0.6) is 5.75 Å². The molecular formula is C25H18BrCl2NO3. The van der Waals surface area contributed by atoms with E-state index in [4.69, 9.17) is 32.4 Å². The van der Waals surface area contributed by atoms with Crippen molar-refractivity contribution in [2.75, 3.05) is 13.3 Å². The molecule has 2 heterocycles. The summed E-state index contributed by atoms with van der Waals surface area (Å²) in [6.45, 7) is 1.84. The molecular weight excluding hydrogens is 513 g/mol. The van der Waals surface area contributed by atoms with E-state index in [1.165, 1.54) is 0 Å². The molecule has 0 saturated heterocycles. The topological polar surface area (TPSA) is 42.7 Å². The van der Waals surface area contributed by atoms with Gasteiger partial charge >= 0.3 is 0 Å². The summed E-state index contributed by atoms with van der Waals surface area (Å²) < 4.78 is 12.9. The van der Waals surface area contributed by atoms with Gasteiger partial charge in [0.25, 0.3) is 0 Å². The van der Waals surface area contributed by atoms with Gasteiger partial charge in [-0.2, -0.15) is 0 Å². The van der Waals surface area contributed by atoms with Crippen molar-refractivity contribution < 1.29 is 9.15 Å². The number of hydrogen-bond donors (Lipinski definition) is 0. The third-order valence-corrected chi connectivity index (χ3v) is 6.77. The summed E-state index contributed by atoms with van der Waals surface area (Å²) >= 11 is 15.7. The van der Waals surface area contributed by atoms with Gasteiger partial charge < -0.3 is 9.15 Å². The Balaban J connectivity index is 1.43. The zero-order chi connectivity index (χ0) is 22.2. The third kappa shape index (κ3) is 4.18. The van der Waals surface area contributed by atoms with Crippen molar-refractivity contribution >= 4 is 50.1 Å². The van der Waals surface area contributed by atoms with Gasteiger partial charge in [0, 0.05) is 27.6 Å². The Kier molecular flexibility index (Phi) is 5.99. The van der Waals surface area contributed by atoms with Gasteiger partial charge in [-0.3, -0.25) is 9.69 Å². The second-order valence-corrected chi connectivity index (χ2v) is 9.48. The fourth-order valence-corrected chi connectivity index (χ4v) is 4.70. The Bertz CT molecular complexity index is 1370. The SMILES string of the molecule is O=c1c(-c2ccc(Br)cc2)coc2c3c(ccc12)OCN(CCc1ccc(Cl)cc1Cl)C3. The Hall–Kier alpha value is -2.31. The zero-order valence-electron chi connectivity index (χ0n) is 16.9. The fourth-order valence-electron chi connectivity index (χ4n) is 3.93. The van der Waals surface area contributed by atoms with Crippen molar-refractivity contribution in [3.8, 4) is 16.9 Å². The van der Waals surface area contributed by atoms with Crippen molar-refractivity contribution in [1.29, 1.82) is 0 Å². The molecule has 4 aromatic rings. The molecule has 162 valence electrons. The first-order valence-corrected chi connectivity index (χ1v) is 11.7. The molecule has 0 radical (unpaired) electrons. The molecule has 3 aromatic carbocycles. The molecule has 0 saturated carbocycles. The van der Waals surface area contributed by atoms with Crippen molar-refractivity contribution in [1.82, 2.24) is 4.90 Å². The number of nitrogens with zero attached hydrogens (tertiary/aromatic N) is 1. The van der Waals surface area contributed by atoms with Crippen LogP contribution in [0.3, 0.4) is 0 Å². The summed E-state index contributed by atoms with van der Waals surface area (Å²) in [6, 6.07) is 16.8. The van der Waals surface area contributed by atoms with E-state index in [2.05, 4.69) is 20.8 Å². The lowest BCUT2D eigenvalue weighted by Crippen LogP contribution is -2.33. The van der Waals surface area contributed by atoms with Crippen LogP contribution in [0.1, 0.15) is 11.1 Å². The largest absolute Gasteiger partial charge is 0.478 e. The van der Waals surface area contributed by atoms with Crippen molar-refractivity contribution in [3.63, 3.8) is 0 Å². The standard InChI is InChI=1S/C25H18BrCl2NO3/c26-17-4-1-15(2-5-17)21-13-31-25-19(24(21)30)7-8-23-20(25)12-29(14-32-23)10-9-16-3-6-18(27)11-22(16)28/h1-8,11,13H,9-10,12,14H2. The maximum atomic E-state index is 13.2. The van der Waals surface area contributed by atoms with Crippen molar-refractivity contribution in [3.05, 3.63) is 96.7 Å². The smallest absolute Gasteiger partial charge is 0.200 e. The number of benzene rings is 3. The lowest BCUT2D eigenvalue weighted by atomic mass is 10.0. The number of ether oxygens (including phenoxy) is 1. The molecule has 5 rings (SSSR count). The molecule has 1 aliphatic heterocycles. The second-order valence-electron chi connectivity index (χ2n) is 7.72. The van der Waals surface area contributed by atoms with Gasteiger partial charge in [0.1, 0.15) is 24.3 Å². The lowest BCUT2D eigenvalue weighted by Gasteiger charge is -2.29. The molecule has 4 nitrogen and oxygen atoms in total. The van der Waals surface area contributed by atoms with E-state index in [9.17, 15) is 4.79 Å². The van der Waals surface area contributed by atoms with E-state index >= 15 is 0 Å². The monoisotopic (exact) mass is 529 g/mol. The number of rotatable bonds is 4. The molecule has 0 bridgehead atoms. The van der Waals surface area contributed by atoms with E-state index in [-0.39, 0.29) is 5.43 Å². The predicted molar refractivity (Wildman–Crippen MR) is 132 cm³/mol. The second kappa shape index (κ2) is 8.91. The highest BCUT2D eigenvalue weighted by molar-refractivity contribution is 9.10. The van der Waals surface area contributed by atoms with E-state index < -0.39 is 0 Å². The van der Waals surface area contributed by atoms with Gasteiger partial charge in [0.15, 0.2) is 0 Å². The summed E-state index contributed by atoms with van der Waals surface area (Å²) in [7, 11) is 0. The van der Waals surface area contributed by atoms with Crippen LogP contribution in [0.15, 0.2) is 74.5 Å². The van der Waals surface area contributed by atoms with Crippen molar-refractivity contribution in [2.45, 2.75) is 13.0 Å². The maximum Gasteiger partial charge on any atom is 0.200 e. The molecule has 1 aromatic heterocycles. The molecule has 32 heavy (non-hydrogen) atoms. The molecule has 0 fully saturated rings. The van der Waals surface area contributed by atoms with Crippen molar-refractivity contribution in [2.24, 2.45) is 0 Å². The molecule has 0 unspecified atom stereocenters. The van der Waals surface area contributed by atoms with Gasteiger partial charge in [-0.05, 0) is 53.9 Å². The average molecular weight is 531 g/mol. The Morgan fingerprint density at radius 2 is 1.84 bits per heavy atom. The Morgan fingerprint density at radius 1 is 1.03 bits per heavy atom. The third-order valence-electron chi connectivity index (χ3n) is 5.65. The zero-order valence-corrected chi connectivity index (χ0v) is 20.0. The van der Waals surface area contributed by atoms with Crippen LogP contribution < -0.4 is 10.2 Å². The molecule has 0 atom stereocenters. The molecule has 0 amide bonds. The first-order chi connectivity index (χ1) is 15.5. The highest BCUT2D eigenvalue weighted by Crippen LogP contribution is 2.33. The van der Waals surface area contributed by atoms with E-state index in [0.29, 0.717) is 39.9 Å². The summed E-state index contributed by atoms with van der Waals surface area (Å²) in [5, 5.41) is 1.83. The van der Waals surface area contributed by atoms with Crippen LogP contribution in [-0.2, 0) is 13.0 Å². The van der Waals surface area contributed by atoms with Gasteiger partial charge in [-0.25, -0.2) is 0 Å². The lowest BCUT2D eigenvalue weighted by molar-refractivity contribution is 0.0968. The van der Waals surface area contributed by atoms with E-state index in [1.807, 2.05) is 42.5 Å². The quantitative estimate of drug-likeness (QED) is 0.287. The molecule has 0 N–H and O–H groups in total. The minimum atomic E-state index is -0.0542. The van der Waals surface area contributed by atoms with Crippen LogP contribution in [-0.4, -0.2) is 18.2 Å². The molecule has 0 spiro atoms. The number of halogens is 3. The van der Waals surface area contributed by atoms with Gasteiger partial charge in [-0.15, -0.1) is 0 Å². The van der Waals surface area contributed by atoms with Gasteiger partial charge in [0.2, 0.25) is 5.43 Å². The van der Waals surface area contributed by atoms with Crippen LogP contribution >= 0.6 is 39.1 Å². The minimum absolute atomic E-state index is 0.0542. The summed E-state index contributed by atoms with van der Waals surface area (Å²) in [4.78, 5) is 15.4. The summed E-state index contributed by atoms with van der Waals surface area (Å²) in [6.07, 6.45) is 2.30. The number of hydrogen-bond acceptors (Lipinski definition) is 4. The molecule has 1 aliphatic rings. The maximum absolute atomic E-state index is 13.2. The summed E-state index contributed by atoms with van der Waals surface area (Å²) in [5.74, 6) is 0.748. The Labute approximate surface area is 203 Å². The molecule has 0 aliphatic carbocycles. The van der Waals surface area contributed by atoms with E-state index in [0.717, 1.165) is 39.9 Å². The minimum Gasteiger partial charge on any atom is -0.478 e. The van der Waals surface area contributed by atoms with E-state index in [1.54, 1.807) is 18.4 Å². The fraction of sp³-hybridized carbons (Fsp3) is 0.160. The van der Waals surface area contributed by atoms with Crippen LogP contribution in [0, 0.1) is 0 Å². The van der Waals surface area contributed by atoms with Crippen LogP contribution in [0.2, 0.25) is 10.0 Å². The summed E-state index contributed by atoms with van der Waals surface area (Å²) in [5.41, 5.74) is 3.79. The predicted octanol–water partition coefficient (Wildman–Crippen LogP) is 6.92. The molecule has 7 heteroatoms. The highest BCUT2D eigenvalue weighted by Gasteiger charge is 2.23. The first kappa shape index (κ1) is 21.5. The van der Waals surface area contributed by atoms with Gasteiger partial charge in [-0.1, -0.05) is 57.3 Å². The number of fused-ring (bicyclic) bond motifs is 3. The first-order valence-electron chi connectivity index (χ1n) is 10.1. The Morgan fingerprint density at radius 3 is 2.62 bits per heavy atom. The van der Waals surface area contributed by atoms with Crippen LogP contribution in [0.4, 0.5) is 0 Å². The van der Waals surface area contributed by atoms with Gasteiger partial charge in [0.05, 0.1) is 16.5 Å². The highest BCUT2D eigenvalue weighted by atomic mass is 79.9.